The van der Waals surface area contributed by atoms with Gasteiger partial charge in [0.1, 0.15) is 5.60 Å². The first-order valence-electron chi connectivity index (χ1n) is 8.93. The first-order valence-corrected chi connectivity index (χ1v) is 8.93. The van der Waals surface area contributed by atoms with Gasteiger partial charge >= 0.3 is 0 Å². The van der Waals surface area contributed by atoms with E-state index in [-0.39, 0.29) is 24.4 Å². The molecule has 136 valence electrons. The molecule has 2 fully saturated rings. The molecule has 5 atom stereocenters. The molecule has 1 aromatic carbocycles. The normalized spacial score (nSPS) is 36.3. The van der Waals surface area contributed by atoms with Gasteiger partial charge < -0.3 is 19.4 Å². The highest BCUT2D eigenvalue weighted by Gasteiger charge is 2.48. The number of rotatable bonds is 5. The summed E-state index contributed by atoms with van der Waals surface area (Å²) in [7, 11) is 0. The second kappa shape index (κ2) is 6.98. The third-order valence-corrected chi connectivity index (χ3v) is 5.54. The Morgan fingerprint density at radius 2 is 1.84 bits per heavy atom. The van der Waals surface area contributed by atoms with E-state index in [0.717, 1.165) is 12.7 Å². The molecule has 0 radical (unpaired) electrons. The lowest BCUT2D eigenvalue weighted by molar-refractivity contribution is -0.254. The molecule has 2 heterocycles. The molecule has 0 unspecified atom stereocenters. The van der Waals surface area contributed by atoms with E-state index in [1.54, 1.807) is 19.1 Å². The molecule has 0 spiro atoms. The van der Waals surface area contributed by atoms with Gasteiger partial charge in [0.2, 0.25) is 0 Å². The fourth-order valence-corrected chi connectivity index (χ4v) is 3.77. The van der Waals surface area contributed by atoms with Crippen LogP contribution in [0.4, 0.5) is 0 Å². The van der Waals surface area contributed by atoms with Gasteiger partial charge in [-0.15, -0.1) is 0 Å². The summed E-state index contributed by atoms with van der Waals surface area (Å²) in [6.45, 7) is 3.66. The van der Waals surface area contributed by atoms with Gasteiger partial charge in [0.25, 0.3) is 0 Å². The summed E-state index contributed by atoms with van der Waals surface area (Å²) < 4.78 is 12.1. The van der Waals surface area contributed by atoms with Crippen LogP contribution in [0, 0.1) is 0 Å². The topological polar surface area (TPSA) is 72.8 Å². The lowest BCUT2D eigenvalue weighted by Crippen LogP contribution is -2.57. The first-order chi connectivity index (χ1) is 11.9. The van der Waals surface area contributed by atoms with Crippen molar-refractivity contribution in [1.82, 2.24) is 0 Å². The predicted molar refractivity (Wildman–Crippen MR) is 92.5 cm³/mol. The van der Waals surface area contributed by atoms with Crippen LogP contribution in [0.25, 0.3) is 0 Å². The maximum atomic E-state index is 12.4. The third-order valence-electron chi connectivity index (χ3n) is 5.54. The van der Waals surface area contributed by atoms with Crippen LogP contribution in [0.5, 0.6) is 0 Å². The fourth-order valence-electron chi connectivity index (χ4n) is 3.77. The second-order valence-corrected chi connectivity index (χ2v) is 7.64. The van der Waals surface area contributed by atoms with Gasteiger partial charge in [-0.2, -0.15) is 0 Å². The van der Waals surface area contributed by atoms with Crippen LogP contribution in [0.1, 0.15) is 56.3 Å². The average molecular weight is 346 g/mol. The number of hydrogen-bond acceptors (Lipinski definition) is 5. The molecule has 5 heteroatoms. The van der Waals surface area contributed by atoms with E-state index in [0.29, 0.717) is 24.8 Å². The van der Waals surface area contributed by atoms with Gasteiger partial charge in [-0.1, -0.05) is 30.3 Å². The molecular formula is C20H26O5. The van der Waals surface area contributed by atoms with Crippen LogP contribution in [-0.2, 0) is 14.3 Å². The molecule has 0 amide bonds. The average Bonchev–Trinajstić information content (AvgIpc) is 2.63. The number of carbonyl (C=O) groups excluding carboxylic acids is 2. The Morgan fingerprint density at radius 1 is 1.20 bits per heavy atom. The van der Waals surface area contributed by atoms with Crippen molar-refractivity contribution < 1.29 is 24.2 Å². The minimum absolute atomic E-state index is 0.0325. The van der Waals surface area contributed by atoms with E-state index >= 15 is 0 Å². The number of fused-ring (bicyclic) bond motifs is 1. The lowest BCUT2D eigenvalue weighted by Gasteiger charge is -2.49. The zero-order valence-electron chi connectivity index (χ0n) is 14.8. The summed E-state index contributed by atoms with van der Waals surface area (Å²) in [5.74, 6) is -0.0894. The standard InChI is InChI=1S/C20H26O5/c1-19(13-21)10-8-17-16(24-19)9-11-20(2,25-17)18(23)12-15(22)14-6-4-3-5-7-14/h3-7,13,16-18,23H,8-12H2,1-2H3/t16-,17+,18+,19+,20-/m0/s1. The summed E-state index contributed by atoms with van der Waals surface area (Å²) in [5, 5.41) is 10.7. The SMILES string of the molecule is C[C@]1(C=O)CC[C@H]2O[C@](C)([C@H](O)CC(=O)c3ccccc3)CC[C@@H]2O1. The molecule has 1 N–H and O–H groups in total. The molecule has 2 aliphatic heterocycles. The second-order valence-electron chi connectivity index (χ2n) is 7.64. The summed E-state index contributed by atoms with van der Waals surface area (Å²) in [5.41, 5.74) is -0.911. The van der Waals surface area contributed by atoms with Crippen molar-refractivity contribution in [3.8, 4) is 0 Å². The van der Waals surface area contributed by atoms with Gasteiger partial charge in [0, 0.05) is 12.0 Å². The maximum absolute atomic E-state index is 12.4. The lowest BCUT2D eigenvalue weighted by atomic mass is 9.81. The number of benzene rings is 1. The monoisotopic (exact) mass is 346 g/mol. The summed E-state index contributed by atoms with van der Waals surface area (Å²) in [4.78, 5) is 23.6. The quantitative estimate of drug-likeness (QED) is 0.655. The van der Waals surface area contributed by atoms with E-state index in [4.69, 9.17) is 9.47 Å². The molecule has 1 aromatic rings. The van der Waals surface area contributed by atoms with Gasteiger partial charge in [-0.05, 0) is 39.5 Å². The molecule has 0 saturated carbocycles. The number of hydrogen-bond donors (Lipinski definition) is 1. The molecule has 2 saturated heterocycles. The number of Topliss-reactive ketones (excluding diaryl/α,β-unsaturated/α-hetero) is 1. The van der Waals surface area contributed by atoms with E-state index in [2.05, 4.69) is 0 Å². The molecule has 0 aromatic heterocycles. The Hall–Kier alpha value is -1.56. The Labute approximate surface area is 148 Å². The van der Waals surface area contributed by atoms with E-state index in [1.807, 2.05) is 25.1 Å². The van der Waals surface area contributed by atoms with E-state index in [1.165, 1.54) is 0 Å². The van der Waals surface area contributed by atoms with Crippen molar-refractivity contribution in [2.75, 3.05) is 0 Å². The Morgan fingerprint density at radius 3 is 2.52 bits per heavy atom. The Bertz CT molecular complexity index is 630. The molecule has 5 nitrogen and oxygen atoms in total. The van der Waals surface area contributed by atoms with Gasteiger partial charge in [-0.25, -0.2) is 0 Å². The van der Waals surface area contributed by atoms with Crippen molar-refractivity contribution in [1.29, 1.82) is 0 Å². The Balaban J connectivity index is 1.63. The van der Waals surface area contributed by atoms with Crippen LogP contribution < -0.4 is 0 Å². The summed E-state index contributed by atoms with van der Waals surface area (Å²) in [6, 6.07) is 8.99. The van der Waals surface area contributed by atoms with Crippen LogP contribution >= 0.6 is 0 Å². The summed E-state index contributed by atoms with van der Waals surface area (Å²) >= 11 is 0. The van der Waals surface area contributed by atoms with Gasteiger partial charge in [0.05, 0.1) is 23.9 Å². The molecular weight excluding hydrogens is 320 g/mol. The number of aliphatic hydroxyl groups is 1. The molecule has 0 aliphatic carbocycles. The highest BCUT2D eigenvalue weighted by Crippen LogP contribution is 2.41. The number of ketones is 1. The van der Waals surface area contributed by atoms with Crippen molar-refractivity contribution in [2.24, 2.45) is 0 Å². The highest BCUT2D eigenvalue weighted by molar-refractivity contribution is 5.96. The first kappa shape index (κ1) is 18.2. The van der Waals surface area contributed by atoms with Crippen molar-refractivity contribution in [3.05, 3.63) is 35.9 Å². The number of ether oxygens (including phenoxy) is 2. The number of aliphatic hydroxyl groups excluding tert-OH is 1. The summed E-state index contributed by atoms with van der Waals surface area (Å²) in [6.07, 6.45) is 2.37. The molecule has 2 aliphatic rings. The molecule has 3 rings (SSSR count). The van der Waals surface area contributed by atoms with Gasteiger partial charge in [-0.3, -0.25) is 4.79 Å². The van der Waals surface area contributed by atoms with Crippen LogP contribution in [0.2, 0.25) is 0 Å². The smallest absolute Gasteiger partial charge is 0.165 e. The highest BCUT2D eigenvalue weighted by atomic mass is 16.6. The zero-order valence-corrected chi connectivity index (χ0v) is 14.8. The third kappa shape index (κ3) is 3.84. The van der Waals surface area contributed by atoms with Crippen LogP contribution in [0.3, 0.4) is 0 Å². The zero-order chi connectivity index (χ0) is 18.1. The van der Waals surface area contributed by atoms with E-state index in [9.17, 15) is 14.7 Å². The predicted octanol–water partition coefficient (Wildman–Crippen LogP) is 2.69. The Kier molecular flexibility index (Phi) is 5.09. The largest absolute Gasteiger partial charge is 0.390 e. The van der Waals surface area contributed by atoms with E-state index < -0.39 is 17.3 Å². The van der Waals surface area contributed by atoms with Gasteiger partial charge in [0.15, 0.2) is 12.1 Å². The van der Waals surface area contributed by atoms with Crippen molar-refractivity contribution in [2.45, 2.75) is 75.5 Å². The number of aldehydes is 1. The van der Waals surface area contributed by atoms with Crippen molar-refractivity contribution in [3.63, 3.8) is 0 Å². The maximum Gasteiger partial charge on any atom is 0.165 e. The fraction of sp³-hybridized carbons (Fsp3) is 0.600. The van der Waals surface area contributed by atoms with Crippen molar-refractivity contribution >= 4 is 12.1 Å². The molecule has 25 heavy (non-hydrogen) atoms. The van der Waals surface area contributed by atoms with Crippen LogP contribution in [-0.4, -0.2) is 46.7 Å². The molecule has 0 bridgehead atoms. The minimum atomic E-state index is -0.875. The minimum Gasteiger partial charge on any atom is -0.390 e. The van der Waals surface area contributed by atoms with Crippen LogP contribution in [0.15, 0.2) is 30.3 Å². The number of carbonyl (C=O) groups is 2.